The summed E-state index contributed by atoms with van der Waals surface area (Å²) in [5.41, 5.74) is 0. The van der Waals surface area contributed by atoms with Crippen LogP contribution < -0.4 is 29.4 Å². The van der Waals surface area contributed by atoms with Gasteiger partial charge < -0.3 is 44.0 Å². The fourth-order valence-electron chi connectivity index (χ4n) is 0. The third-order valence-electron chi connectivity index (χ3n) is 0. The van der Waals surface area contributed by atoms with Gasteiger partial charge in [-0.25, -0.2) is 0 Å². The van der Waals surface area contributed by atoms with Crippen LogP contribution in [0.25, 0.3) is 0 Å². The molecule has 13 heteroatoms. The van der Waals surface area contributed by atoms with E-state index in [0.29, 0.717) is 0 Å². The summed E-state index contributed by atoms with van der Waals surface area (Å²) in [5.74, 6) is 0. The molecule has 0 aromatic heterocycles. The topological polar surface area (TPSA) is 204 Å². The SMILES string of the molecule is O.O=P([O-])([O-])[O-].O=P([O-])([O-])[O-].[La+3].[La+3]. The van der Waals surface area contributed by atoms with E-state index < -0.39 is 15.6 Å². The number of phosphoric acid groups is 2. The molecule has 0 aliphatic carbocycles. The van der Waals surface area contributed by atoms with Gasteiger partial charge in [0.15, 0.2) is 0 Å². The van der Waals surface area contributed by atoms with Crippen molar-refractivity contribution in [1.82, 2.24) is 0 Å². The van der Waals surface area contributed by atoms with Crippen LogP contribution in [0.2, 0.25) is 0 Å². The second-order valence-corrected chi connectivity index (χ2v) is 2.68. The smallest absolute Gasteiger partial charge is 0.822 e. The minimum Gasteiger partial charge on any atom is -0.822 e. The van der Waals surface area contributed by atoms with Gasteiger partial charge in [-0.3, -0.25) is 0 Å². The molecule has 0 aromatic rings. The standard InChI is InChI=1S/2La.2H3O4P.H2O/c;;2*1-5(2,3)4;/h;;2*(H3,1,2,3,4);1H2/q2*+3;;;/p-6. The zero-order valence-electron chi connectivity index (χ0n) is 5.82. The summed E-state index contributed by atoms with van der Waals surface area (Å²) in [6.45, 7) is 0. The molecule has 0 aliphatic heterocycles. The van der Waals surface area contributed by atoms with E-state index in [4.69, 9.17) is 38.5 Å². The quantitative estimate of drug-likeness (QED) is 0.301. The Morgan fingerprint density at radius 3 is 0.615 bits per heavy atom. The second-order valence-electron chi connectivity index (χ2n) is 0.894. The van der Waals surface area contributed by atoms with Crippen molar-refractivity contribution < 1.29 is 115 Å². The monoisotopic (exact) mass is 486 g/mol. The van der Waals surface area contributed by atoms with Crippen molar-refractivity contribution in [2.75, 3.05) is 0 Å². The van der Waals surface area contributed by atoms with Gasteiger partial charge in [-0.2, -0.15) is 15.6 Å². The minimum absolute atomic E-state index is 0. The molecule has 72 valence electrons. The van der Waals surface area contributed by atoms with E-state index >= 15 is 0 Å². The number of rotatable bonds is 0. The van der Waals surface area contributed by atoms with E-state index in [0.717, 1.165) is 0 Å². The van der Waals surface area contributed by atoms with Crippen LogP contribution in [0.5, 0.6) is 0 Å². The molecular weight excluding hydrogens is 484 g/mol. The first-order chi connectivity index (χ1) is 4.00. The van der Waals surface area contributed by atoms with E-state index in [1.807, 2.05) is 0 Å². The van der Waals surface area contributed by atoms with Crippen molar-refractivity contribution in [1.29, 1.82) is 0 Å². The summed E-state index contributed by atoms with van der Waals surface area (Å²) in [6, 6.07) is 0. The van der Waals surface area contributed by atoms with Crippen LogP contribution in [0.15, 0.2) is 0 Å². The van der Waals surface area contributed by atoms with Crippen molar-refractivity contribution in [3.8, 4) is 0 Å². The molecule has 0 fully saturated rings. The molecule has 0 aliphatic rings. The summed E-state index contributed by atoms with van der Waals surface area (Å²) in [5, 5.41) is 0. The van der Waals surface area contributed by atoms with Crippen LogP contribution in [-0.2, 0) is 9.13 Å². The Morgan fingerprint density at radius 2 is 0.615 bits per heavy atom. The predicted molar refractivity (Wildman–Crippen MR) is 18.8 cm³/mol. The zero-order valence-corrected chi connectivity index (χ0v) is 14.9. The van der Waals surface area contributed by atoms with Gasteiger partial charge in [0.1, 0.15) is 0 Å². The molecule has 0 atom stereocenters. The van der Waals surface area contributed by atoms with Gasteiger partial charge in [0, 0.05) is 0 Å². The van der Waals surface area contributed by atoms with Gasteiger partial charge in [0.25, 0.3) is 0 Å². The van der Waals surface area contributed by atoms with Crippen LogP contribution in [-0.4, -0.2) is 5.48 Å². The average Bonchev–Trinajstić information content (AvgIpc) is 1.12. The van der Waals surface area contributed by atoms with Gasteiger partial charge in [0.05, 0.1) is 0 Å². The predicted octanol–water partition coefficient (Wildman–Crippen LogP) is -6.47. The molecule has 0 saturated carbocycles. The number of hydrogen-bond donors (Lipinski definition) is 0. The maximum Gasteiger partial charge on any atom is 3.00 e. The van der Waals surface area contributed by atoms with E-state index in [1.165, 1.54) is 0 Å². The molecule has 0 amide bonds. The van der Waals surface area contributed by atoms with Crippen LogP contribution in [0, 0.1) is 71.2 Å². The van der Waals surface area contributed by atoms with Crippen molar-refractivity contribution in [3.63, 3.8) is 0 Å². The maximum atomic E-state index is 8.55. The third kappa shape index (κ3) is 349. The number of hydrogen-bond acceptors (Lipinski definition) is 8. The first-order valence-electron chi connectivity index (χ1n) is 1.46. The molecule has 2 N–H and O–H groups in total. The fraction of sp³-hybridized carbons (Fsp3) is 0. The first-order valence-corrected chi connectivity index (χ1v) is 4.38. The normalized spacial score (nSPS) is 9.08. The molecule has 0 heterocycles. The molecule has 0 rings (SSSR count). The van der Waals surface area contributed by atoms with E-state index in [9.17, 15) is 0 Å². The Balaban J connectivity index is -0.0000000267. The van der Waals surface area contributed by atoms with Crippen LogP contribution in [0.1, 0.15) is 0 Å². The molecule has 9 nitrogen and oxygen atoms in total. The first kappa shape index (κ1) is 29.6. The minimum atomic E-state index is -5.39. The average molecular weight is 486 g/mol. The van der Waals surface area contributed by atoms with Crippen molar-refractivity contribution in [2.45, 2.75) is 0 Å². The molecule has 0 aromatic carbocycles. The maximum absolute atomic E-state index is 8.55. The summed E-state index contributed by atoms with van der Waals surface area (Å²) >= 11 is 0. The Morgan fingerprint density at radius 1 is 0.615 bits per heavy atom. The second kappa shape index (κ2) is 12.6. The van der Waals surface area contributed by atoms with Gasteiger partial charge in [0.2, 0.25) is 0 Å². The van der Waals surface area contributed by atoms with Crippen molar-refractivity contribution in [2.24, 2.45) is 0 Å². The zero-order chi connectivity index (χ0) is 9.00. The Labute approximate surface area is 129 Å². The Bertz CT molecular complexity index is 128. The van der Waals surface area contributed by atoms with Crippen molar-refractivity contribution in [3.05, 3.63) is 0 Å². The van der Waals surface area contributed by atoms with E-state index in [2.05, 4.69) is 0 Å². The van der Waals surface area contributed by atoms with Gasteiger partial charge in [-0.05, 0) is 0 Å². The Hall–Kier alpha value is 2.57. The molecule has 13 heavy (non-hydrogen) atoms. The fourth-order valence-corrected chi connectivity index (χ4v) is 0. The van der Waals surface area contributed by atoms with E-state index in [-0.39, 0.29) is 76.7 Å². The Kier molecular flexibility index (Phi) is 28.8. The van der Waals surface area contributed by atoms with Crippen LogP contribution in [0.3, 0.4) is 0 Å². The van der Waals surface area contributed by atoms with Crippen LogP contribution >= 0.6 is 15.6 Å². The molecule has 0 bridgehead atoms. The molecular formula is H2La2O9P2. The van der Waals surface area contributed by atoms with Crippen molar-refractivity contribution >= 4 is 15.6 Å². The molecule has 0 saturated heterocycles. The molecule has 0 spiro atoms. The third-order valence-corrected chi connectivity index (χ3v) is 0. The summed E-state index contributed by atoms with van der Waals surface area (Å²) in [7, 11) is -10.8. The van der Waals surface area contributed by atoms with Gasteiger partial charge in [-0.15, -0.1) is 0 Å². The summed E-state index contributed by atoms with van der Waals surface area (Å²) in [4.78, 5) is 51.3. The van der Waals surface area contributed by atoms with Gasteiger partial charge in [-0.1, -0.05) is 0 Å². The van der Waals surface area contributed by atoms with Gasteiger partial charge >= 0.3 is 71.2 Å². The molecule has 0 radical (unpaired) electrons. The van der Waals surface area contributed by atoms with Crippen LogP contribution in [0.4, 0.5) is 0 Å². The largest absolute Gasteiger partial charge is 3.00 e. The summed E-state index contributed by atoms with van der Waals surface area (Å²) < 4.78 is 17.1. The summed E-state index contributed by atoms with van der Waals surface area (Å²) in [6.07, 6.45) is 0. The van der Waals surface area contributed by atoms with E-state index in [1.54, 1.807) is 0 Å². The molecule has 0 unspecified atom stereocenters.